The third-order valence-corrected chi connectivity index (χ3v) is 5.11. The number of hydrogen-bond donors (Lipinski definition) is 1. The Balaban J connectivity index is 1.64. The van der Waals surface area contributed by atoms with E-state index in [1.807, 2.05) is 6.92 Å². The van der Waals surface area contributed by atoms with E-state index in [0.717, 1.165) is 17.7 Å². The average Bonchev–Trinajstić information content (AvgIpc) is 3.13. The van der Waals surface area contributed by atoms with Crippen LogP contribution in [0.2, 0.25) is 10.0 Å². The lowest BCUT2D eigenvalue weighted by Gasteiger charge is -2.26. The quantitative estimate of drug-likeness (QED) is 0.582. The largest absolute Gasteiger partial charge is 0.334 e. The standard InChI is InChI=1S/C20H18Cl2F2N4O/c1-12(16-5-3-14(21)7-17(16)22)27(2)20(29)25-9-13-10-26-28(11-13)19-6-4-15(23)8-18(19)24/h3-8,10-12H,9H2,1-2H3,(H,25,29). The number of carbonyl (C=O) groups is 1. The van der Waals surface area contributed by atoms with Gasteiger partial charge in [-0.05, 0) is 36.8 Å². The highest BCUT2D eigenvalue weighted by molar-refractivity contribution is 6.35. The molecule has 2 aromatic carbocycles. The SMILES string of the molecule is CC(c1ccc(Cl)cc1Cl)N(C)C(=O)NCc1cnn(-c2ccc(F)cc2F)c1. The van der Waals surface area contributed by atoms with Gasteiger partial charge in [-0.15, -0.1) is 0 Å². The molecule has 0 saturated carbocycles. The Morgan fingerprint density at radius 1 is 1.24 bits per heavy atom. The molecule has 1 N–H and O–H groups in total. The molecule has 0 aliphatic rings. The molecule has 0 radical (unpaired) electrons. The number of benzene rings is 2. The van der Waals surface area contributed by atoms with E-state index in [4.69, 9.17) is 23.2 Å². The highest BCUT2D eigenvalue weighted by atomic mass is 35.5. The van der Waals surface area contributed by atoms with Crippen molar-refractivity contribution >= 4 is 29.2 Å². The van der Waals surface area contributed by atoms with Crippen molar-refractivity contribution in [2.24, 2.45) is 0 Å². The van der Waals surface area contributed by atoms with Gasteiger partial charge in [0.05, 0.1) is 12.2 Å². The normalized spacial score (nSPS) is 11.9. The first-order valence-electron chi connectivity index (χ1n) is 8.71. The van der Waals surface area contributed by atoms with Crippen LogP contribution in [0, 0.1) is 11.6 Å². The molecular weight excluding hydrogens is 421 g/mol. The summed E-state index contributed by atoms with van der Waals surface area (Å²) in [7, 11) is 1.66. The number of amides is 2. The van der Waals surface area contributed by atoms with Crippen molar-refractivity contribution in [1.82, 2.24) is 20.0 Å². The predicted molar refractivity (Wildman–Crippen MR) is 108 cm³/mol. The monoisotopic (exact) mass is 438 g/mol. The number of carbonyl (C=O) groups excluding carboxylic acids is 1. The molecule has 1 heterocycles. The van der Waals surface area contributed by atoms with Crippen molar-refractivity contribution in [1.29, 1.82) is 0 Å². The van der Waals surface area contributed by atoms with Crippen LogP contribution >= 0.6 is 23.2 Å². The van der Waals surface area contributed by atoms with Gasteiger partial charge in [-0.1, -0.05) is 29.3 Å². The number of rotatable bonds is 5. The van der Waals surface area contributed by atoms with E-state index >= 15 is 0 Å². The van der Waals surface area contributed by atoms with Crippen molar-refractivity contribution in [2.45, 2.75) is 19.5 Å². The van der Waals surface area contributed by atoms with E-state index in [1.165, 1.54) is 21.8 Å². The molecule has 0 aliphatic heterocycles. The fourth-order valence-electron chi connectivity index (χ4n) is 2.78. The maximum Gasteiger partial charge on any atom is 0.317 e. The second-order valence-corrected chi connectivity index (χ2v) is 7.34. The summed E-state index contributed by atoms with van der Waals surface area (Å²) in [5.41, 5.74) is 1.55. The molecule has 3 aromatic rings. The zero-order valence-corrected chi connectivity index (χ0v) is 17.2. The molecule has 1 aromatic heterocycles. The first-order chi connectivity index (χ1) is 13.8. The second kappa shape index (κ2) is 8.80. The molecule has 2 amide bonds. The summed E-state index contributed by atoms with van der Waals surface area (Å²) in [4.78, 5) is 14.0. The van der Waals surface area contributed by atoms with Gasteiger partial charge in [0, 0.05) is 41.5 Å². The van der Waals surface area contributed by atoms with E-state index in [-0.39, 0.29) is 24.3 Å². The minimum absolute atomic E-state index is 0.118. The topological polar surface area (TPSA) is 50.2 Å². The van der Waals surface area contributed by atoms with Crippen molar-refractivity contribution in [3.63, 3.8) is 0 Å². The van der Waals surface area contributed by atoms with E-state index < -0.39 is 11.6 Å². The minimum atomic E-state index is -0.725. The maximum atomic E-state index is 13.9. The Morgan fingerprint density at radius 3 is 2.69 bits per heavy atom. The van der Waals surface area contributed by atoms with Crippen molar-refractivity contribution in [2.75, 3.05) is 7.05 Å². The Labute approximate surface area is 176 Å². The van der Waals surface area contributed by atoms with E-state index in [1.54, 1.807) is 31.4 Å². The number of nitrogens with zero attached hydrogens (tertiary/aromatic N) is 3. The maximum absolute atomic E-state index is 13.9. The molecule has 0 fully saturated rings. The van der Waals surface area contributed by atoms with Gasteiger partial charge >= 0.3 is 6.03 Å². The number of nitrogens with one attached hydrogen (secondary N) is 1. The summed E-state index contributed by atoms with van der Waals surface area (Å²) in [6, 6.07) is 7.76. The third-order valence-electron chi connectivity index (χ3n) is 4.55. The first-order valence-corrected chi connectivity index (χ1v) is 9.46. The molecule has 152 valence electrons. The van der Waals surface area contributed by atoms with Gasteiger partial charge < -0.3 is 10.2 Å². The van der Waals surface area contributed by atoms with Crippen LogP contribution in [0.25, 0.3) is 5.69 Å². The third kappa shape index (κ3) is 4.86. The van der Waals surface area contributed by atoms with Crippen LogP contribution in [0.4, 0.5) is 13.6 Å². The molecule has 29 heavy (non-hydrogen) atoms. The van der Waals surface area contributed by atoms with Crippen LogP contribution in [-0.2, 0) is 6.54 Å². The highest BCUT2D eigenvalue weighted by Gasteiger charge is 2.19. The Bertz CT molecular complexity index is 1040. The molecule has 9 heteroatoms. The molecule has 0 aliphatic carbocycles. The molecule has 0 spiro atoms. The van der Waals surface area contributed by atoms with Gasteiger partial charge in [0.2, 0.25) is 0 Å². The summed E-state index contributed by atoms with van der Waals surface area (Å²) >= 11 is 12.1. The summed E-state index contributed by atoms with van der Waals surface area (Å²) in [5.74, 6) is -1.39. The summed E-state index contributed by atoms with van der Waals surface area (Å²) in [5, 5.41) is 7.84. The van der Waals surface area contributed by atoms with Crippen molar-refractivity contribution < 1.29 is 13.6 Å². The lowest BCUT2D eigenvalue weighted by molar-refractivity contribution is 0.194. The Morgan fingerprint density at radius 2 is 2.00 bits per heavy atom. The molecule has 0 bridgehead atoms. The van der Waals surface area contributed by atoms with E-state index in [9.17, 15) is 13.6 Å². The van der Waals surface area contributed by atoms with Crippen LogP contribution < -0.4 is 5.32 Å². The van der Waals surface area contributed by atoms with Gasteiger partial charge in [-0.3, -0.25) is 0 Å². The van der Waals surface area contributed by atoms with Crippen molar-refractivity contribution in [3.05, 3.63) is 81.6 Å². The number of urea groups is 1. The summed E-state index contributed by atoms with van der Waals surface area (Å²) < 4.78 is 28.2. The van der Waals surface area contributed by atoms with E-state index in [2.05, 4.69) is 10.4 Å². The predicted octanol–water partition coefficient (Wildman–Crippen LogP) is 5.36. The Hall–Kier alpha value is -2.64. The molecule has 1 unspecified atom stereocenters. The Kier molecular flexibility index (Phi) is 6.39. The lowest BCUT2D eigenvalue weighted by atomic mass is 10.1. The number of hydrogen-bond acceptors (Lipinski definition) is 2. The fraction of sp³-hybridized carbons (Fsp3) is 0.200. The zero-order valence-electron chi connectivity index (χ0n) is 15.7. The zero-order chi connectivity index (χ0) is 21.1. The summed E-state index contributed by atoms with van der Waals surface area (Å²) in [6.45, 7) is 2.04. The molecule has 3 rings (SSSR count). The lowest BCUT2D eigenvalue weighted by Crippen LogP contribution is -2.38. The smallest absolute Gasteiger partial charge is 0.317 e. The minimum Gasteiger partial charge on any atom is -0.334 e. The van der Waals surface area contributed by atoms with E-state index in [0.29, 0.717) is 15.6 Å². The van der Waals surface area contributed by atoms with Crippen molar-refractivity contribution in [3.8, 4) is 5.69 Å². The van der Waals surface area contributed by atoms with Crippen LogP contribution in [0.3, 0.4) is 0 Å². The van der Waals surface area contributed by atoms with Gasteiger partial charge in [-0.25, -0.2) is 18.3 Å². The van der Waals surface area contributed by atoms with Gasteiger partial charge in [0.25, 0.3) is 0 Å². The second-order valence-electron chi connectivity index (χ2n) is 6.50. The first kappa shape index (κ1) is 21.1. The van der Waals surface area contributed by atoms with Crippen LogP contribution in [0.15, 0.2) is 48.8 Å². The fourth-order valence-corrected chi connectivity index (χ4v) is 3.34. The number of aromatic nitrogens is 2. The summed E-state index contributed by atoms with van der Waals surface area (Å²) in [6.07, 6.45) is 3.07. The van der Waals surface area contributed by atoms with Gasteiger partial charge in [0.1, 0.15) is 11.5 Å². The van der Waals surface area contributed by atoms with Crippen LogP contribution in [-0.4, -0.2) is 27.8 Å². The average molecular weight is 439 g/mol. The number of halogens is 4. The highest BCUT2D eigenvalue weighted by Crippen LogP contribution is 2.29. The van der Waals surface area contributed by atoms with Crippen LogP contribution in [0.5, 0.6) is 0 Å². The molecule has 0 saturated heterocycles. The van der Waals surface area contributed by atoms with Gasteiger partial charge in [-0.2, -0.15) is 5.10 Å². The van der Waals surface area contributed by atoms with Crippen LogP contribution in [0.1, 0.15) is 24.1 Å². The molecule has 1 atom stereocenters. The molecule has 5 nitrogen and oxygen atoms in total. The molecular formula is C20H18Cl2F2N4O. The van der Waals surface area contributed by atoms with Gasteiger partial charge in [0.15, 0.2) is 5.82 Å².